The lowest BCUT2D eigenvalue weighted by Crippen LogP contribution is -2.31. The number of carbonyl (C=O) groups is 1. The average molecular weight is 365 g/mol. The van der Waals surface area contributed by atoms with Gasteiger partial charge < -0.3 is 9.47 Å². The van der Waals surface area contributed by atoms with Crippen LogP contribution in [0, 0.1) is 6.92 Å². The van der Waals surface area contributed by atoms with E-state index in [1.54, 1.807) is 12.4 Å². The highest BCUT2D eigenvalue weighted by atomic mass is 16.2. The Bertz CT molecular complexity index is 941. The maximum atomic E-state index is 13.0. The Hall–Kier alpha value is -3.03. The fourth-order valence-electron chi connectivity index (χ4n) is 3.37. The van der Waals surface area contributed by atoms with Crippen molar-refractivity contribution in [1.29, 1.82) is 0 Å². The van der Waals surface area contributed by atoms with Crippen molar-refractivity contribution in [3.63, 3.8) is 0 Å². The molecular formula is C19H23N7O. The van der Waals surface area contributed by atoms with E-state index in [1.165, 1.54) is 0 Å². The van der Waals surface area contributed by atoms with E-state index >= 15 is 0 Å². The maximum absolute atomic E-state index is 13.0. The van der Waals surface area contributed by atoms with Crippen LogP contribution >= 0.6 is 0 Å². The van der Waals surface area contributed by atoms with Gasteiger partial charge in [-0.25, -0.2) is 9.67 Å². The molecule has 0 N–H and O–H groups in total. The molecule has 1 aliphatic heterocycles. The molecule has 1 aliphatic rings. The summed E-state index contributed by atoms with van der Waals surface area (Å²) in [5, 5.41) is 8.05. The van der Waals surface area contributed by atoms with Crippen molar-refractivity contribution in [3.8, 4) is 0 Å². The van der Waals surface area contributed by atoms with E-state index in [9.17, 15) is 4.79 Å². The molecule has 0 fully saturated rings. The standard InChI is InChI=1S/C19H23N7O/c1-3-16-6-5-15(10-20-16)19(27)24-7-4-8-25-13-21-17(18(25)12-24)11-26-14(2)9-22-23-26/h5-6,9-10,13H,3-4,7-8,11-12H2,1-2H3. The molecule has 8 heteroatoms. The van der Waals surface area contributed by atoms with Gasteiger partial charge in [0.05, 0.1) is 48.3 Å². The van der Waals surface area contributed by atoms with Crippen molar-refractivity contribution in [2.75, 3.05) is 6.54 Å². The molecule has 0 radical (unpaired) electrons. The quantitative estimate of drug-likeness (QED) is 0.705. The summed E-state index contributed by atoms with van der Waals surface area (Å²) in [6, 6.07) is 3.80. The predicted octanol–water partition coefficient (Wildman–Crippen LogP) is 1.83. The first-order valence-electron chi connectivity index (χ1n) is 9.28. The second-order valence-corrected chi connectivity index (χ2v) is 6.84. The van der Waals surface area contributed by atoms with Crippen LogP contribution in [0.25, 0.3) is 0 Å². The summed E-state index contributed by atoms with van der Waals surface area (Å²) in [5.74, 6) is 0.0164. The van der Waals surface area contributed by atoms with Crippen molar-refractivity contribution in [2.24, 2.45) is 0 Å². The highest BCUT2D eigenvalue weighted by Gasteiger charge is 2.23. The number of imidazole rings is 1. The van der Waals surface area contributed by atoms with Crippen LogP contribution < -0.4 is 0 Å². The third-order valence-electron chi connectivity index (χ3n) is 5.03. The van der Waals surface area contributed by atoms with Gasteiger partial charge in [-0.2, -0.15) is 0 Å². The van der Waals surface area contributed by atoms with Gasteiger partial charge in [-0.05, 0) is 31.9 Å². The number of aryl methyl sites for hydroxylation is 3. The van der Waals surface area contributed by atoms with E-state index < -0.39 is 0 Å². The van der Waals surface area contributed by atoms with Gasteiger partial charge in [0.15, 0.2) is 0 Å². The molecule has 27 heavy (non-hydrogen) atoms. The molecule has 0 bridgehead atoms. The molecule has 0 spiro atoms. The smallest absolute Gasteiger partial charge is 0.255 e. The summed E-state index contributed by atoms with van der Waals surface area (Å²) in [6.45, 7) is 6.70. The zero-order valence-corrected chi connectivity index (χ0v) is 15.7. The highest BCUT2D eigenvalue weighted by Crippen LogP contribution is 2.19. The lowest BCUT2D eigenvalue weighted by molar-refractivity contribution is 0.0745. The van der Waals surface area contributed by atoms with Crippen LogP contribution in [0.2, 0.25) is 0 Å². The lowest BCUT2D eigenvalue weighted by atomic mass is 10.2. The summed E-state index contributed by atoms with van der Waals surface area (Å²) >= 11 is 0. The fourth-order valence-corrected chi connectivity index (χ4v) is 3.37. The van der Waals surface area contributed by atoms with Gasteiger partial charge in [0, 0.05) is 25.0 Å². The number of amides is 1. The summed E-state index contributed by atoms with van der Waals surface area (Å²) in [6.07, 6.45) is 7.04. The lowest BCUT2D eigenvalue weighted by Gasteiger charge is -2.20. The molecule has 3 aromatic heterocycles. The Balaban J connectivity index is 1.57. The number of hydrogen-bond donors (Lipinski definition) is 0. The predicted molar refractivity (Wildman–Crippen MR) is 99.1 cm³/mol. The molecule has 1 amide bonds. The zero-order valence-electron chi connectivity index (χ0n) is 15.7. The zero-order chi connectivity index (χ0) is 18.8. The van der Waals surface area contributed by atoms with Crippen molar-refractivity contribution in [2.45, 2.75) is 46.3 Å². The minimum absolute atomic E-state index is 0.0164. The van der Waals surface area contributed by atoms with Gasteiger partial charge in [0.2, 0.25) is 0 Å². The molecule has 4 heterocycles. The minimum atomic E-state index is 0.0164. The fraction of sp³-hybridized carbons (Fsp3) is 0.421. The molecular weight excluding hydrogens is 342 g/mol. The number of carbonyl (C=O) groups excluding carboxylic acids is 1. The molecule has 8 nitrogen and oxygen atoms in total. The van der Waals surface area contributed by atoms with Crippen molar-refractivity contribution in [3.05, 3.63) is 59.2 Å². The molecule has 3 aromatic rings. The highest BCUT2D eigenvalue weighted by molar-refractivity contribution is 5.93. The molecule has 0 aliphatic carbocycles. The molecule has 4 rings (SSSR count). The first-order chi connectivity index (χ1) is 13.2. The molecule has 0 aromatic carbocycles. The summed E-state index contributed by atoms with van der Waals surface area (Å²) in [4.78, 5) is 23.8. The van der Waals surface area contributed by atoms with E-state index in [0.29, 0.717) is 18.7 Å². The van der Waals surface area contributed by atoms with E-state index in [4.69, 9.17) is 0 Å². The summed E-state index contributed by atoms with van der Waals surface area (Å²) in [5.41, 5.74) is 4.61. The van der Waals surface area contributed by atoms with Gasteiger partial charge >= 0.3 is 0 Å². The van der Waals surface area contributed by atoms with Gasteiger partial charge in [-0.15, -0.1) is 5.10 Å². The van der Waals surface area contributed by atoms with Crippen LogP contribution in [0.5, 0.6) is 0 Å². The van der Waals surface area contributed by atoms with E-state index in [2.05, 4.69) is 31.8 Å². The normalized spacial score (nSPS) is 14.1. The second kappa shape index (κ2) is 7.30. The summed E-state index contributed by atoms with van der Waals surface area (Å²) in [7, 11) is 0. The van der Waals surface area contributed by atoms with Gasteiger partial charge in [0.25, 0.3) is 5.91 Å². The van der Waals surface area contributed by atoms with E-state index in [-0.39, 0.29) is 5.91 Å². The molecule has 140 valence electrons. The third-order valence-corrected chi connectivity index (χ3v) is 5.03. The first-order valence-corrected chi connectivity index (χ1v) is 9.28. The van der Waals surface area contributed by atoms with Gasteiger partial charge in [0.1, 0.15) is 0 Å². The van der Waals surface area contributed by atoms with E-state index in [0.717, 1.165) is 48.7 Å². The Morgan fingerprint density at radius 2 is 2.07 bits per heavy atom. The Morgan fingerprint density at radius 1 is 1.19 bits per heavy atom. The number of pyridine rings is 1. The topological polar surface area (TPSA) is 81.7 Å². The minimum Gasteiger partial charge on any atom is -0.333 e. The van der Waals surface area contributed by atoms with Crippen LogP contribution in [-0.2, 0) is 26.1 Å². The summed E-state index contributed by atoms with van der Waals surface area (Å²) < 4.78 is 3.97. The maximum Gasteiger partial charge on any atom is 0.255 e. The van der Waals surface area contributed by atoms with Crippen LogP contribution in [0.3, 0.4) is 0 Å². The first kappa shape index (κ1) is 17.4. The number of hydrogen-bond acceptors (Lipinski definition) is 5. The number of nitrogens with zero attached hydrogens (tertiary/aromatic N) is 7. The monoisotopic (exact) mass is 365 g/mol. The van der Waals surface area contributed by atoms with E-state index in [1.807, 2.05) is 35.0 Å². The number of aromatic nitrogens is 6. The van der Waals surface area contributed by atoms with Crippen LogP contribution in [0.1, 0.15) is 46.5 Å². The van der Waals surface area contributed by atoms with Crippen LogP contribution in [0.15, 0.2) is 30.9 Å². The Labute approximate surface area is 157 Å². The van der Waals surface area contributed by atoms with Crippen molar-refractivity contribution in [1.82, 2.24) is 34.4 Å². The van der Waals surface area contributed by atoms with Crippen molar-refractivity contribution >= 4 is 5.91 Å². The Morgan fingerprint density at radius 3 is 2.78 bits per heavy atom. The number of rotatable bonds is 4. The largest absolute Gasteiger partial charge is 0.333 e. The Kier molecular flexibility index (Phi) is 4.70. The molecule has 0 unspecified atom stereocenters. The van der Waals surface area contributed by atoms with Gasteiger partial charge in [-0.1, -0.05) is 12.1 Å². The molecule has 0 saturated heterocycles. The molecule has 0 saturated carbocycles. The van der Waals surface area contributed by atoms with Gasteiger partial charge in [-0.3, -0.25) is 9.78 Å². The molecule has 0 atom stereocenters. The van der Waals surface area contributed by atoms with Crippen molar-refractivity contribution < 1.29 is 4.79 Å². The van der Waals surface area contributed by atoms with Crippen LogP contribution in [0.4, 0.5) is 0 Å². The number of fused-ring (bicyclic) bond motifs is 1. The van der Waals surface area contributed by atoms with Crippen LogP contribution in [-0.4, -0.2) is 46.9 Å². The third kappa shape index (κ3) is 3.47. The average Bonchev–Trinajstić information content (AvgIpc) is 3.20. The SMILES string of the molecule is CCc1ccc(C(=O)N2CCCn3cnc(Cn4nncc4C)c3C2)cn1. The second-order valence-electron chi connectivity index (χ2n) is 6.84.